The van der Waals surface area contributed by atoms with Gasteiger partial charge in [-0.25, -0.2) is 0 Å². The molecule has 1 saturated carbocycles. The molecule has 0 aromatic carbocycles. The second kappa shape index (κ2) is 5.52. The van der Waals surface area contributed by atoms with Crippen LogP contribution in [0.4, 0.5) is 0 Å². The molecule has 5 nitrogen and oxygen atoms in total. The summed E-state index contributed by atoms with van der Waals surface area (Å²) in [6.45, 7) is 0. The monoisotopic (exact) mass is 250 g/mol. The number of rotatable bonds is 3. The maximum absolute atomic E-state index is 12.2. The Kier molecular flexibility index (Phi) is 4.01. The van der Waals surface area contributed by atoms with E-state index in [2.05, 4.69) is 10.4 Å². The Balaban J connectivity index is 1.95. The van der Waals surface area contributed by atoms with Gasteiger partial charge in [0, 0.05) is 32.4 Å². The molecule has 100 valence electrons. The van der Waals surface area contributed by atoms with Crippen molar-refractivity contribution in [2.45, 2.75) is 37.8 Å². The summed E-state index contributed by atoms with van der Waals surface area (Å²) >= 11 is 0. The van der Waals surface area contributed by atoms with Crippen molar-refractivity contribution < 1.29 is 4.79 Å². The van der Waals surface area contributed by atoms with E-state index in [1.807, 2.05) is 26.0 Å². The lowest BCUT2D eigenvalue weighted by molar-refractivity contribution is 0.0679. The zero-order chi connectivity index (χ0) is 13.1. The fourth-order valence-corrected chi connectivity index (χ4v) is 2.63. The van der Waals surface area contributed by atoms with Gasteiger partial charge in [-0.1, -0.05) is 0 Å². The van der Waals surface area contributed by atoms with Crippen molar-refractivity contribution in [2.24, 2.45) is 7.05 Å². The highest BCUT2D eigenvalue weighted by Crippen LogP contribution is 2.23. The van der Waals surface area contributed by atoms with E-state index in [-0.39, 0.29) is 5.91 Å². The second-order valence-electron chi connectivity index (χ2n) is 5.08. The van der Waals surface area contributed by atoms with Crippen molar-refractivity contribution in [2.75, 3.05) is 14.1 Å². The first kappa shape index (κ1) is 13.1. The van der Waals surface area contributed by atoms with Crippen LogP contribution in [0, 0.1) is 0 Å². The molecular formula is C13H22N4O. The number of amides is 1. The first-order valence-corrected chi connectivity index (χ1v) is 6.56. The minimum atomic E-state index is 0.0310. The summed E-state index contributed by atoms with van der Waals surface area (Å²) in [5.74, 6) is 0.0310. The van der Waals surface area contributed by atoms with Gasteiger partial charge in [0.2, 0.25) is 0 Å². The van der Waals surface area contributed by atoms with Crippen LogP contribution < -0.4 is 5.32 Å². The first-order chi connectivity index (χ1) is 8.61. The van der Waals surface area contributed by atoms with Crippen LogP contribution in [-0.4, -0.2) is 46.8 Å². The van der Waals surface area contributed by atoms with Crippen LogP contribution in [0.15, 0.2) is 12.3 Å². The van der Waals surface area contributed by atoms with Crippen LogP contribution >= 0.6 is 0 Å². The summed E-state index contributed by atoms with van der Waals surface area (Å²) < 4.78 is 1.67. The average Bonchev–Trinajstić information content (AvgIpc) is 2.84. The summed E-state index contributed by atoms with van der Waals surface area (Å²) in [5, 5.41) is 7.48. The van der Waals surface area contributed by atoms with Crippen molar-refractivity contribution in [3.05, 3.63) is 18.0 Å². The third kappa shape index (κ3) is 2.72. The van der Waals surface area contributed by atoms with Crippen molar-refractivity contribution in [3.63, 3.8) is 0 Å². The van der Waals surface area contributed by atoms with Crippen LogP contribution in [0.3, 0.4) is 0 Å². The molecule has 0 aliphatic heterocycles. The molecular weight excluding hydrogens is 228 g/mol. The maximum atomic E-state index is 12.2. The fraction of sp³-hybridized carbons (Fsp3) is 0.692. The van der Waals surface area contributed by atoms with E-state index in [1.165, 1.54) is 0 Å². The van der Waals surface area contributed by atoms with E-state index in [0.29, 0.717) is 17.8 Å². The third-order valence-electron chi connectivity index (χ3n) is 3.91. The number of aryl methyl sites for hydroxylation is 1. The maximum Gasteiger partial charge on any atom is 0.274 e. The van der Waals surface area contributed by atoms with Gasteiger partial charge in [0.05, 0.1) is 0 Å². The SMILES string of the molecule is CNC1CCC(N(C)C(=O)c2ccn(C)n2)CC1. The molecule has 1 heterocycles. The number of nitrogens with one attached hydrogen (secondary N) is 1. The topological polar surface area (TPSA) is 50.2 Å². The van der Waals surface area contributed by atoms with Gasteiger partial charge in [-0.2, -0.15) is 5.10 Å². The molecule has 1 aliphatic carbocycles. The number of hydrogen-bond acceptors (Lipinski definition) is 3. The zero-order valence-corrected chi connectivity index (χ0v) is 11.4. The molecule has 0 spiro atoms. The van der Waals surface area contributed by atoms with Crippen LogP contribution in [0.25, 0.3) is 0 Å². The Morgan fingerprint density at radius 2 is 2.11 bits per heavy atom. The molecule has 2 rings (SSSR count). The Labute approximate surface area is 108 Å². The summed E-state index contributed by atoms with van der Waals surface area (Å²) in [4.78, 5) is 14.1. The Morgan fingerprint density at radius 3 is 2.61 bits per heavy atom. The normalized spacial score (nSPS) is 23.9. The summed E-state index contributed by atoms with van der Waals surface area (Å²) in [7, 11) is 5.73. The summed E-state index contributed by atoms with van der Waals surface area (Å²) in [5.41, 5.74) is 0.538. The van der Waals surface area contributed by atoms with Gasteiger partial charge in [0.25, 0.3) is 5.91 Å². The smallest absolute Gasteiger partial charge is 0.274 e. The van der Waals surface area contributed by atoms with E-state index in [1.54, 1.807) is 16.9 Å². The lowest BCUT2D eigenvalue weighted by Crippen LogP contribution is -2.42. The van der Waals surface area contributed by atoms with Gasteiger partial charge in [-0.05, 0) is 38.8 Å². The number of nitrogens with zero attached hydrogens (tertiary/aromatic N) is 3. The molecule has 0 bridgehead atoms. The molecule has 0 unspecified atom stereocenters. The molecule has 0 saturated heterocycles. The van der Waals surface area contributed by atoms with E-state index in [4.69, 9.17) is 0 Å². The van der Waals surface area contributed by atoms with Crippen molar-refractivity contribution in [1.29, 1.82) is 0 Å². The van der Waals surface area contributed by atoms with Crippen molar-refractivity contribution in [3.8, 4) is 0 Å². The van der Waals surface area contributed by atoms with E-state index >= 15 is 0 Å². The molecule has 0 radical (unpaired) electrons. The van der Waals surface area contributed by atoms with Gasteiger partial charge in [-0.15, -0.1) is 0 Å². The molecule has 1 aromatic heterocycles. The molecule has 1 aliphatic rings. The van der Waals surface area contributed by atoms with E-state index in [0.717, 1.165) is 25.7 Å². The third-order valence-corrected chi connectivity index (χ3v) is 3.91. The molecule has 18 heavy (non-hydrogen) atoms. The minimum absolute atomic E-state index is 0.0310. The molecule has 1 aromatic rings. The van der Waals surface area contributed by atoms with Gasteiger partial charge in [0.1, 0.15) is 5.69 Å². The number of aromatic nitrogens is 2. The van der Waals surface area contributed by atoms with E-state index in [9.17, 15) is 4.79 Å². The summed E-state index contributed by atoms with van der Waals surface area (Å²) in [6, 6.07) is 2.74. The lowest BCUT2D eigenvalue weighted by Gasteiger charge is -2.34. The van der Waals surface area contributed by atoms with Crippen molar-refractivity contribution in [1.82, 2.24) is 20.0 Å². The molecule has 1 N–H and O–H groups in total. The molecule has 1 fully saturated rings. The highest BCUT2D eigenvalue weighted by Gasteiger charge is 2.27. The highest BCUT2D eigenvalue weighted by atomic mass is 16.2. The number of carbonyl (C=O) groups is 1. The van der Waals surface area contributed by atoms with E-state index < -0.39 is 0 Å². The second-order valence-corrected chi connectivity index (χ2v) is 5.08. The van der Waals surface area contributed by atoms with Gasteiger partial charge >= 0.3 is 0 Å². The number of carbonyl (C=O) groups excluding carboxylic acids is 1. The minimum Gasteiger partial charge on any atom is -0.337 e. The van der Waals surface area contributed by atoms with Crippen LogP contribution in [0.2, 0.25) is 0 Å². The van der Waals surface area contributed by atoms with Crippen LogP contribution in [0.5, 0.6) is 0 Å². The first-order valence-electron chi connectivity index (χ1n) is 6.56. The molecule has 0 atom stereocenters. The highest BCUT2D eigenvalue weighted by molar-refractivity contribution is 5.92. The Morgan fingerprint density at radius 1 is 1.44 bits per heavy atom. The Hall–Kier alpha value is -1.36. The molecule has 5 heteroatoms. The predicted octanol–water partition coefficient (Wildman–Crippen LogP) is 1.02. The standard InChI is InChI=1S/C13H22N4O/c1-14-10-4-6-11(7-5-10)17(3)13(18)12-8-9-16(2)15-12/h8-11,14H,4-7H2,1-3H3. The Bertz CT molecular complexity index is 407. The molecule has 1 amide bonds. The van der Waals surface area contributed by atoms with Crippen LogP contribution in [-0.2, 0) is 7.05 Å². The number of hydrogen-bond donors (Lipinski definition) is 1. The average molecular weight is 250 g/mol. The lowest BCUT2D eigenvalue weighted by atomic mass is 9.90. The van der Waals surface area contributed by atoms with Gasteiger partial charge in [0.15, 0.2) is 0 Å². The van der Waals surface area contributed by atoms with Gasteiger partial charge in [-0.3, -0.25) is 9.48 Å². The predicted molar refractivity (Wildman–Crippen MR) is 70.4 cm³/mol. The van der Waals surface area contributed by atoms with Crippen molar-refractivity contribution >= 4 is 5.91 Å². The van der Waals surface area contributed by atoms with Crippen LogP contribution in [0.1, 0.15) is 36.2 Å². The zero-order valence-electron chi connectivity index (χ0n) is 11.4. The quantitative estimate of drug-likeness (QED) is 0.871. The summed E-state index contributed by atoms with van der Waals surface area (Å²) in [6.07, 6.45) is 6.22. The fourth-order valence-electron chi connectivity index (χ4n) is 2.63. The largest absolute Gasteiger partial charge is 0.337 e. The van der Waals surface area contributed by atoms with Gasteiger partial charge < -0.3 is 10.2 Å².